The first kappa shape index (κ1) is 42.8. The normalized spacial score (nSPS) is 26.3. The maximum absolute atomic E-state index is 13.0. The van der Waals surface area contributed by atoms with Crippen LogP contribution in [0.2, 0.25) is 0 Å². The molecule has 6 N–H and O–H groups in total. The van der Waals surface area contributed by atoms with Gasteiger partial charge in [0.15, 0.2) is 17.4 Å². The molecule has 308 valence electrons. The van der Waals surface area contributed by atoms with E-state index in [4.69, 9.17) is 24.7 Å². The highest BCUT2D eigenvalue weighted by molar-refractivity contribution is 5.89. The second-order valence-corrected chi connectivity index (χ2v) is 14.9. The van der Waals surface area contributed by atoms with Gasteiger partial charge in [0.1, 0.15) is 18.3 Å². The molecule has 2 amide bonds. The summed E-state index contributed by atoms with van der Waals surface area (Å²) in [6.45, 7) is 9.06. The molecule has 1 saturated carbocycles. The maximum Gasteiger partial charge on any atom is 0.338 e. The first-order chi connectivity index (χ1) is 27.0. The van der Waals surface area contributed by atoms with Crippen molar-refractivity contribution < 1.29 is 38.4 Å². The Balaban J connectivity index is 0.960. The molecule has 3 aromatic rings. The molecule has 1 aliphatic heterocycles. The van der Waals surface area contributed by atoms with E-state index in [2.05, 4.69) is 39.4 Å². The fourth-order valence-corrected chi connectivity index (χ4v) is 7.88. The molecule has 1 unspecified atom stereocenters. The fraction of sp³-hybridized carbons (Fsp3) is 0.650. The minimum Gasteiger partial charge on any atom is -0.456 e. The number of unbranched alkanes of at least 4 members (excludes halogenated alkanes) is 4. The van der Waals surface area contributed by atoms with Crippen LogP contribution in [-0.4, -0.2) is 98.7 Å². The van der Waals surface area contributed by atoms with E-state index < -0.39 is 42.1 Å². The number of carbonyl (C=O) groups excluding carboxylic acids is 3. The minimum atomic E-state index is -0.990. The number of ether oxygens (including phenoxy) is 4. The van der Waals surface area contributed by atoms with Crippen LogP contribution in [0.3, 0.4) is 0 Å². The number of aliphatic hydroxyl groups is 1. The summed E-state index contributed by atoms with van der Waals surface area (Å²) in [5.41, 5.74) is 6.08. The number of H-pyrrole nitrogens is 1. The predicted octanol–water partition coefficient (Wildman–Crippen LogP) is 3.78. The van der Waals surface area contributed by atoms with Crippen molar-refractivity contribution in [1.29, 1.82) is 0 Å². The molecule has 0 spiro atoms. The van der Waals surface area contributed by atoms with Crippen LogP contribution < -0.4 is 21.9 Å². The number of anilines is 1. The number of carbonyl (C=O) groups is 3. The summed E-state index contributed by atoms with van der Waals surface area (Å²) in [5, 5.41) is 17.1. The number of amides is 2. The van der Waals surface area contributed by atoms with Crippen LogP contribution in [0.15, 0.2) is 41.5 Å². The molecule has 2 fully saturated rings. The highest BCUT2D eigenvalue weighted by Crippen LogP contribution is 2.37. The zero-order chi connectivity index (χ0) is 40.2. The van der Waals surface area contributed by atoms with Gasteiger partial charge >= 0.3 is 5.97 Å². The number of esters is 1. The summed E-state index contributed by atoms with van der Waals surface area (Å²) in [7, 11) is 0. The fourth-order valence-electron chi connectivity index (χ4n) is 7.88. The van der Waals surface area contributed by atoms with Gasteiger partial charge in [-0.3, -0.25) is 23.9 Å². The molecule has 9 atom stereocenters. The Morgan fingerprint density at radius 1 is 1.02 bits per heavy atom. The number of hydrogen-bond donors (Lipinski definition) is 5. The second-order valence-electron chi connectivity index (χ2n) is 14.9. The van der Waals surface area contributed by atoms with Crippen molar-refractivity contribution in [3.05, 3.63) is 52.6 Å². The summed E-state index contributed by atoms with van der Waals surface area (Å²) in [5.74, 6) is -0.380. The molecular weight excluding hydrogens is 722 g/mol. The smallest absolute Gasteiger partial charge is 0.338 e. The average Bonchev–Trinajstić information content (AvgIpc) is 3.74. The van der Waals surface area contributed by atoms with Crippen LogP contribution in [0.1, 0.15) is 108 Å². The van der Waals surface area contributed by atoms with Crippen LogP contribution in [-0.2, 0) is 28.5 Å². The first-order valence-electron chi connectivity index (χ1n) is 20.1. The van der Waals surface area contributed by atoms with Crippen molar-refractivity contribution in [3.8, 4) is 0 Å². The number of benzene rings is 1. The van der Waals surface area contributed by atoms with Crippen LogP contribution in [0.4, 0.5) is 5.95 Å². The minimum absolute atomic E-state index is 0.00145. The van der Waals surface area contributed by atoms with E-state index in [0.29, 0.717) is 51.0 Å². The lowest BCUT2D eigenvalue weighted by atomic mass is 9.73. The molecule has 5 rings (SSSR count). The maximum atomic E-state index is 13.0. The van der Waals surface area contributed by atoms with Gasteiger partial charge in [0.25, 0.3) is 5.56 Å². The van der Waals surface area contributed by atoms with Gasteiger partial charge in [-0.2, -0.15) is 4.98 Å². The molecule has 1 saturated heterocycles. The zero-order valence-electron chi connectivity index (χ0n) is 33.0. The predicted molar refractivity (Wildman–Crippen MR) is 208 cm³/mol. The third-order valence-corrected chi connectivity index (χ3v) is 11.0. The number of nitrogens with two attached hydrogens (primary N) is 1. The van der Waals surface area contributed by atoms with E-state index in [-0.39, 0.29) is 53.0 Å². The van der Waals surface area contributed by atoms with Gasteiger partial charge in [-0.15, -0.1) is 0 Å². The second kappa shape index (κ2) is 20.7. The van der Waals surface area contributed by atoms with Gasteiger partial charge in [-0.05, 0) is 62.5 Å². The topological polar surface area (TPSA) is 222 Å². The monoisotopic (exact) mass is 781 g/mol. The van der Waals surface area contributed by atoms with Crippen molar-refractivity contribution >= 4 is 34.9 Å². The SMILES string of the molecule is CC[C@H]1C[C@@H](OCCCCC(=O)NCCCCCCOC2[C@@H](CC)O[C@@H](n3cnc4c(=O)[nH]c(N)nc43)[C@H]2O)[C@H](NC(C)=O)[C@@H](OC(=O)c2ccccc2)[C@H]1C. The van der Waals surface area contributed by atoms with Crippen molar-refractivity contribution in [2.45, 2.75) is 135 Å². The molecule has 1 aliphatic carbocycles. The van der Waals surface area contributed by atoms with E-state index in [0.717, 1.165) is 38.5 Å². The number of hydrogen-bond acceptors (Lipinski definition) is 12. The average molecular weight is 782 g/mol. The molecule has 16 nitrogen and oxygen atoms in total. The van der Waals surface area contributed by atoms with Gasteiger partial charge in [0, 0.05) is 33.1 Å². The number of rotatable bonds is 20. The Hall–Kier alpha value is -4.38. The summed E-state index contributed by atoms with van der Waals surface area (Å²) in [4.78, 5) is 60.7. The zero-order valence-corrected chi connectivity index (χ0v) is 33.0. The summed E-state index contributed by atoms with van der Waals surface area (Å²) in [6, 6.07) is 8.38. The van der Waals surface area contributed by atoms with E-state index in [1.54, 1.807) is 24.3 Å². The van der Waals surface area contributed by atoms with Crippen LogP contribution in [0.25, 0.3) is 11.2 Å². The number of aliphatic hydroxyl groups excluding tert-OH is 1. The van der Waals surface area contributed by atoms with Crippen molar-refractivity contribution in [2.75, 3.05) is 25.5 Å². The third-order valence-electron chi connectivity index (χ3n) is 11.0. The molecule has 56 heavy (non-hydrogen) atoms. The Labute approximate surface area is 327 Å². The lowest BCUT2D eigenvalue weighted by molar-refractivity contribution is -0.129. The Kier molecular flexibility index (Phi) is 15.8. The molecule has 2 aromatic heterocycles. The van der Waals surface area contributed by atoms with Crippen molar-refractivity contribution in [3.63, 3.8) is 0 Å². The van der Waals surface area contributed by atoms with Crippen molar-refractivity contribution in [2.24, 2.45) is 11.8 Å². The molecular formula is C40H59N7O9. The summed E-state index contributed by atoms with van der Waals surface area (Å²) in [6.07, 6.45) is 5.31. The third kappa shape index (κ3) is 10.9. The van der Waals surface area contributed by atoms with Crippen LogP contribution in [0, 0.1) is 11.8 Å². The summed E-state index contributed by atoms with van der Waals surface area (Å²) < 4.78 is 26.1. The Morgan fingerprint density at radius 2 is 1.75 bits per heavy atom. The molecule has 2 aliphatic rings. The lowest BCUT2D eigenvalue weighted by Gasteiger charge is -2.45. The highest BCUT2D eigenvalue weighted by Gasteiger charge is 2.46. The van der Waals surface area contributed by atoms with Crippen LogP contribution >= 0.6 is 0 Å². The number of nitrogens with one attached hydrogen (secondary N) is 3. The van der Waals surface area contributed by atoms with Gasteiger partial charge in [0.2, 0.25) is 17.8 Å². The molecule has 16 heteroatoms. The van der Waals surface area contributed by atoms with E-state index in [1.807, 2.05) is 13.0 Å². The van der Waals surface area contributed by atoms with Gasteiger partial charge in [-0.1, -0.05) is 58.2 Å². The van der Waals surface area contributed by atoms with E-state index in [9.17, 15) is 24.3 Å². The standard InChI is InChI=1S/C40H59N7O9/c1-5-26-22-29(31(44-25(4)48)34(24(26)3)56-39(52)27-16-10-9-11-17-27)53-20-15-12-18-30(49)42-19-13-7-8-14-21-54-35-28(6-2)55-38(33(35)50)47-23-43-32-36(47)45-40(41)46-37(32)51/h9-11,16-17,23-24,26,28-29,31,33-35,38,50H,5-8,12-15,18-22H2,1-4H3,(H,42,49)(H,44,48)(H3,41,45,46,51)/t24-,26-,28+,29+,31-,33-,34-,35?,38+/m0/s1. The number of aromatic nitrogens is 4. The number of fused-ring (bicyclic) bond motifs is 1. The summed E-state index contributed by atoms with van der Waals surface area (Å²) >= 11 is 0. The lowest BCUT2D eigenvalue weighted by Crippen LogP contribution is -2.59. The van der Waals surface area contributed by atoms with Gasteiger partial charge in [0.05, 0.1) is 30.1 Å². The highest BCUT2D eigenvalue weighted by atomic mass is 16.6. The Bertz CT molecular complexity index is 1790. The largest absolute Gasteiger partial charge is 0.456 e. The molecule has 0 radical (unpaired) electrons. The van der Waals surface area contributed by atoms with Crippen molar-refractivity contribution in [1.82, 2.24) is 30.2 Å². The Morgan fingerprint density at radius 3 is 2.48 bits per heavy atom. The molecule has 3 heterocycles. The first-order valence-corrected chi connectivity index (χ1v) is 20.1. The van der Waals surface area contributed by atoms with Gasteiger partial charge in [-0.25, -0.2) is 9.78 Å². The molecule has 1 aromatic carbocycles. The number of nitrogens with zero attached hydrogens (tertiary/aromatic N) is 3. The number of imidazole rings is 1. The van der Waals surface area contributed by atoms with Crippen LogP contribution in [0.5, 0.6) is 0 Å². The quantitative estimate of drug-likeness (QED) is 0.0817. The number of aromatic amines is 1. The van der Waals surface area contributed by atoms with Gasteiger partial charge < -0.3 is 40.4 Å². The van der Waals surface area contributed by atoms with E-state index >= 15 is 0 Å². The number of nitrogen functional groups attached to an aromatic ring is 1. The molecule has 0 bridgehead atoms. The van der Waals surface area contributed by atoms with E-state index in [1.165, 1.54) is 17.8 Å².